The topological polar surface area (TPSA) is 108 Å². The van der Waals surface area contributed by atoms with E-state index in [0.717, 1.165) is 51.4 Å². The van der Waals surface area contributed by atoms with Gasteiger partial charge in [-0.3, -0.25) is 9.59 Å². The Kier molecular flexibility index (Phi) is 51.9. The summed E-state index contributed by atoms with van der Waals surface area (Å²) in [5.74, 6) is -1.99. The van der Waals surface area contributed by atoms with Crippen molar-refractivity contribution in [3.8, 4) is 0 Å². The van der Waals surface area contributed by atoms with Gasteiger partial charge in [0.15, 0.2) is 6.10 Å². The average molecular weight is 1000 g/mol. The number of carbonyl (C=O) groups is 3. The van der Waals surface area contributed by atoms with Crippen LogP contribution in [0.3, 0.4) is 0 Å². The van der Waals surface area contributed by atoms with Crippen LogP contribution in [0.1, 0.15) is 284 Å². The standard InChI is InChI=1S/C62H115NO8/c1-6-8-10-12-14-16-18-20-22-24-25-26-27-28-29-30-31-32-33-34-35-37-39-41-43-45-47-49-51-53-60(65)71-58(57-70-62(61(66)67)68-55-54-63(3,4)5)56-69-59(64)52-50-48-46-44-42-40-38-36-23-21-19-17-15-13-11-9-7-2/h18,20,24-25,27-28,58,62H,6-17,19,21-23,26,29-57H2,1-5H3/p+1/b20-18-,25-24-,28-27-. The van der Waals surface area contributed by atoms with Crippen LogP contribution in [0.15, 0.2) is 36.5 Å². The fourth-order valence-corrected chi connectivity index (χ4v) is 8.73. The fraction of sp³-hybridized carbons (Fsp3) is 0.855. The number of hydrogen-bond acceptors (Lipinski definition) is 7. The summed E-state index contributed by atoms with van der Waals surface area (Å²) in [7, 11) is 5.98. The first-order valence-corrected chi connectivity index (χ1v) is 30.2. The minimum atomic E-state index is -1.51. The van der Waals surface area contributed by atoms with Crippen LogP contribution >= 0.6 is 0 Å². The molecule has 0 amide bonds. The van der Waals surface area contributed by atoms with E-state index in [9.17, 15) is 19.5 Å². The molecule has 0 rings (SSSR count). The highest BCUT2D eigenvalue weighted by Crippen LogP contribution is 2.17. The van der Waals surface area contributed by atoms with E-state index >= 15 is 0 Å². The van der Waals surface area contributed by atoms with Crippen LogP contribution in [-0.2, 0) is 33.3 Å². The van der Waals surface area contributed by atoms with Crippen LogP contribution in [0.4, 0.5) is 0 Å². The number of esters is 2. The van der Waals surface area contributed by atoms with Crippen molar-refractivity contribution in [2.75, 3.05) is 47.5 Å². The molecule has 0 heterocycles. The summed E-state index contributed by atoms with van der Waals surface area (Å²) in [5.41, 5.74) is 0. The Hall–Kier alpha value is -2.49. The van der Waals surface area contributed by atoms with E-state index in [1.165, 1.54) is 205 Å². The number of carboxylic acid groups (broad SMARTS) is 1. The molecule has 1 N–H and O–H groups in total. The highest BCUT2D eigenvalue weighted by Gasteiger charge is 2.25. The van der Waals surface area contributed by atoms with Crippen LogP contribution < -0.4 is 0 Å². The Morgan fingerprint density at radius 3 is 1.13 bits per heavy atom. The summed E-state index contributed by atoms with van der Waals surface area (Å²) in [6, 6.07) is 0. The maximum absolute atomic E-state index is 12.9. The molecule has 0 bridgehead atoms. The van der Waals surface area contributed by atoms with E-state index in [2.05, 4.69) is 50.3 Å². The Bertz CT molecular complexity index is 1260. The Labute approximate surface area is 439 Å². The third-order valence-electron chi connectivity index (χ3n) is 13.4. The first kappa shape index (κ1) is 68.5. The number of quaternary nitrogens is 1. The van der Waals surface area contributed by atoms with Crippen LogP contribution in [0.5, 0.6) is 0 Å². The zero-order valence-corrected chi connectivity index (χ0v) is 47.4. The Balaban J connectivity index is 4.16. The summed E-state index contributed by atoms with van der Waals surface area (Å²) in [6.45, 7) is 4.91. The molecule has 0 radical (unpaired) electrons. The number of ether oxygens (including phenoxy) is 4. The van der Waals surface area contributed by atoms with Gasteiger partial charge in [-0.05, 0) is 51.4 Å². The molecule has 9 nitrogen and oxygen atoms in total. The highest BCUT2D eigenvalue weighted by molar-refractivity contribution is 5.71. The molecule has 0 aliphatic heterocycles. The minimum Gasteiger partial charge on any atom is -0.477 e. The molecule has 0 aromatic carbocycles. The first-order valence-electron chi connectivity index (χ1n) is 30.2. The molecule has 0 saturated carbocycles. The van der Waals surface area contributed by atoms with E-state index < -0.39 is 24.3 Å². The summed E-state index contributed by atoms with van der Waals surface area (Å²) < 4.78 is 22.9. The second-order valence-electron chi connectivity index (χ2n) is 21.7. The van der Waals surface area contributed by atoms with Crippen molar-refractivity contribution in [2.24, 2.45) is 0 Å². The molecule has 0 fully saturated rings. The molecule has 2 atom stereocenters. The molecule has 416 valence electrons. The first-order chi connectivity index (χ1) is 34.6. The number of likely N-dealkylation sites (N-methyl/N-ethyl adjacent to an activating group) is 1. The third-order valence-corrected chi connectivity index (χ3v) is 13.4. The van der Waals surface area contributed by atoms with Crippen LogP contribution in [-0.4, -0.2) is 87.4 Å². The Morgan fingerprint density at radius 2 is 0.761 bits per heavy atom. The van der Waals surface area contributed by atoms with Gasteiger partial charge in [-0.15, -0.1) is 0 Å². The molecule has 0 saturated heterocycles. The minimum absolute atomic E-state index is 0.177. The molecule has 0 spiro atoms. The van der Waals surface area contributed by atoms with Gasteiger partial charge in [-0.2, -0.15) is 0 Å². The smallest absolute Gasteiger partial charge is 0.361 e. The zero-order chi connectivity index (χ0) is 52.0. The largest absolute Gasteiger partial charge is 0.477 e. The van der Waals surface area contributed by atoms with Gasteiger partial charge in [0.25, 0.3) is 6.29 Å². The van der Waals surface area contributed by atoms with E-state index in [1.807, 2.05) is 21.1 Å². The van der Waals surface area contributed by atoms with Crippen molar-refractivity contribution in [2.45, 2.75) is 296 Å². The number of aliphatic carboxylic acids is 1. The van der Waals surface area contributed by atoms with Crippen molar-refractivity contribution < 1.29 is 42.9 Å². The maximum atomic E-state index is 12.9. The number of carboxylic acids is 1. The highest BCUT2D eigenvalue weighted by atomic mass is 16.7. The van der Waals surface area contributed by atoms with Crippen LogP contribution in [0, 0.1) is 0 Å². The van der Waals surface area contributed by atoms with Gasteiger partial charge in [0, 0.05) is 12.8 Å². The molecule has 0 aromatic rings. The van der Waals surface area contributed by atoms with Crippen LogP contribution in [0.2, 0.25) is 0 Å². The molecular weight excluding hydrogens is 887 g/mol. The molecule has 0 aliphatic rings. The van der Waals surface area contributed by atoms with E-state index in [1.54, 1.807) is 0 Å². The second kappa shape index (κ2) is 53.8. The van der Waals surface area contributed by atoms with Gasteiger partial charge in [0.1, 0.15) is 13.2 Å². The van der Waals surface area contributed by atoms with E-state index in [-0.39, 0.29) is 32.2 Å². The molecule has 71 heavy (non-hydrogen) atoms. The summed E-state index contributed by atoms with van der Waals surface area (Å²) >= 11 is 0. The SMILES string of the molecule is CCCCCCC/C=C\C/C=C\C/C=C\CCCCCCCCCCCCCCCCC(=O)OC(COC(=O)CCCCCCCCCCCCCCCCCCC)COC(OCC[N+](C)(C)C)C(=O)O. The van der Waals surface area contributed by atoms with E-state index in [0.29, 0.717) is 17.4 Å². The van der Waals surface area contributed by atoms with Gasteiger partial charge in [-0.25, -0.2) is 4.79 Å². The zero-order valence-electron chi connectivity index (χ0n) is 47.4. The molecular formula is C62H116NO8+. The monoisotopic (exact) mass is 1000 g/mol. The number of hydrogen-bond donors (Lipinski definition) is 1. The van der Waals surface area contributed by atoms with Gasteiger partial charge in [-0.1, -0.05) is 256 Å². The van der Waals surface area contributed by atoms with Crippen molar-refractivity contribution in [3.05, 3.63) is 36.5 Å². The van der Waals surface area contributed by atoms with Crippen molar-refractivity contribution in [1.29, 1.82) is 0 Å². The predicted octanol–water partition coefficient (Wildman–Crippen LogP) is 17.7. The lowest BCUT2D eigenvalue weighted by molar-refractivity contribution is -0.870. The number of allylic oxidation sites excluding steroid dienone is 6. The molecule has 2 unspecified atom stereocenters. The number of carbonyl (C=O) groups excluding carboxylic acids is 2. The van der Waals surface area contributed by atoms with Crippen molar-refractivity contribution in [3.63, 3.8) is 0 Å². The van der Waals surface area contributed by atoms with E-state index in [4.69, 9.17) is 18.9 Å². The van der Waals surface area contributed by atoms with Gasteiger partial charge >= 0.3 is 17.9 Å². The summed E-state index contributed by atoms with van der Waals surface area (Å²) in [4.78, 5) is 37.4. The fourth-order valence-electron chi connectivity index (χ4n) is 8.73. The number of unbranched alkanes of at least 4 members (excludes halogenated alkanes) is 35. The quantitative estimate of drug-likeness (QED) is 0.0211. The molecule has 0 aromatic heterocycles. The number of rotatable bonds is 56. The Morgan fingerprint density at radius 1 is 0.423 bits per heavy atom. The van der Waals surface area contributed by atoms with Crippen molar-refractivity contribution >= 4 is 17.9 Å². The lowest BCUT2D eigenvalue weighted by atomic mass is 10.0. The molecule has 9 heteroatoms. The average Bonchev–Trinajstić information content (AvgIpc) is 3.34. The maximum Gasteiger partial charge on any atom is 0.361 e. The van der Waals surface area contributed by atoms with Crippen molar-refractivity contribution in [1.82, 2.24) is 0 Å². The normalized spacial score (nSPS) is 13.0. The number of nitrogens with zero attached hydrogens (tertiary/aromatic N) is 1. The predicted molar refractivity (Wildman–Crippen MR) is 300 cm³/mol. The van der Waals surface area contributed by atoms with Gasteiger partial charge in [0.05, 0.1) is 34.4 Å². The summed E-state index contributed by atoms with van der Waals surface area (Å²) in [5, 5.41) is 9.70. The lowest BCUT2D eigenvalue weighted by Gasteiger charge is -2.25. The molecule has 0 aliphatic carbocycles. The van der Waals surface area contributed by atoms with Gasteiger partial charge in [0.2, 0.25) is 0 Å². The van der Waals surface area contributed by atoms with Crippen LogP contribution in [0.25, 0.3) is 0 Å². The second-order valence-corrected chi connectivity index (χ2v) is 21.7. The summed E-state index contributed by atoms with van der Waals surface area (Å²) in [6.07, 6.45) is 62.2. The van der Waals surface area contributed by atoms with Gasteiger partial charge < -0.3 is 28.5 Å². The lowest BCUT2D eigenvalue weighted by Crippen LogP contribution is -2.40. The third kappa shape index (κ3) is 55.1.